The van der Waals surface area contributed by atoms with Crippen molar-refractivity contribution in [3.63, 3.8) is 0 Å². The maximum Gasteiger partial charge on any atom is 0.338 e. The van der Waals surface area contributed by atoms with Crippen LogP contribution in [-0.2, 0) is 14.3 Å². The van der Waals surface area contributed by atoms with Gasteiger partial charge >= 0.3 is 5.97 Å². The van der Waals surface area contributed by atoms with Crippen molar-refractivity contribution in [3.8, 4) is 11.5 Å². The summed E-state index contributed by atoms with van der Waals surface area (Å²) in [7, 11) is 0. The zero-order valence-corrected chi connectivity index (χ0v) is 16.9. The first-order valence-corrected chi connectivity index (χ1v) is 9.60. The van der Waals surface area contributed by atoms with E-state index in [1.165, 1.54) is 4.90 Å². The van der Waals surface area contributed by atoms with Gasteiger partial charge in [0.25, 0.3) is 11.8 Å². The number of para-hydroxylation sites is 2. The van der Waals surface area contributed by atoms with E-state index in [-0.39, 0.29) is 6.54 Å². The van der Waals surface area contributed by atoms with Crippen LogP contribution in [0, 0.1) is 5.92 Å². The molecule has 0 radical (unpaired) electrons. The number of anilines is 1. The molecule has 1 atom stereocenters. The molecule has 1 aliphatic heterocycles. The SMILES string of the molecule is CC(C)COc1ccc(C(=O)OCC(=O)N2CC(C(N)=O)Oc3ccccc32)cc1. The molecule has 0 aromatic heterocycles. The Kier molecular flexibility index (Phi) is 6.56. The van der Waals surface area contributed by atoms with Crippen molar-refractivity contribution in [2.45, 2.75) is 20.0 Å². The summed E-state index contributed by atoms with van der Waals surface area (Å²) in [5, 5.41) is 0. The minimum atomic E-state index is -0.974. The maximum atomic E-state index is 12.7. The van der Waals surface area contributed by atoms with E-state index in [1.807, 2.05) is 13.8 Å². The number of carbonyl (C=O) groups is 3. The molecule has 2 aromatic carbocycles. The predicted molar refractivity (Wildman–Crippen MR) is 109 cm³/mol. The maximum absolute atomic E-state index is 12.7. The van der Waals surface area contributed by atoms with Crippen molar-refractivity contribution in [3.05, 3.63) is 54.1 Å². The largest absolute Gasteiger partial charge is 0.493 e. The van der Waals surface area contributed by atoms with Gasteiger partial charge in [0.2, 0.25) is 0 Å². The first kappa shape index (κ1) is 21.2. The molecule has 1 unspecified atom stereocenters. The molecule has 0 saturated heterocycles. The normalized spacial score (nSPS) is 15.2. The van der Waals surface area contributed by atoms with Crippen molar-refractivity contribution in [1.29, 1.82) is 0 Å². The number of primary amides is 1. The van der Waals surface area contributed by atoms with E-state index < -0.39 is 30.5 Å². The fourth-order valence-electron chi connectivity index (χ4n) is 2.86. The number of hydrogen-bond acceptors (Lipinski definition) is 6. The molecular weight excluding hydrogens is 388 g/mol. The van der Waals surface area contributed by atoms with E-state index in [1.54, 1.807) is 48.5 Å². The van der Waals surface area contributed by atoms with Gasteiger partial charge < -0.3 is 24.8 Å². The second-order valence-corrected chi connectivity index (χ2v) is 7.29. The van der Waals surface area contributed by atoms with Crippen molar-refractivity contribution < 1.29 is 28.6 Å². The monoisotopic (exact) mass is 412 g/mol. The smallest absolute Gasteiger partial charge is 0.338 e. The highest BCUT2D eigenvalue weighted by Crippen LogP contribution is 2.33. The van der Waals surface area contributed by atoms with Gasteiger partial charge in [-0.2, -0.15) is 0 Å². The molecule has 0 aliphatic carbocycles. The topological polar surface area (TPSA) is 108 Å². The number of rotatable bonds is 7. The Morgan fingerprint density at radius 3 is 2.50 bits per heavy atom. The molecule has 2 N–H and O–H groups in total. The summed E-state index contributed by atoms with van der Waals surface area (Å²) in [6.45, 7) is 4.13. The molecule has 0 fully saturated rings. The van der Waals surface area contributed by atoms with Crippen LogP contribution in [0.25, 0.3) is 0 Å². The number of nitrogens with two attached hydrogens (primary N) is 1. The van der Waals surface area contributed by atoms with Crippen LogP contribution >= 0.6 is 0 Å². The van der Waals surface area contributed by atoms with Crippen LogP contribution in [0.15, 0.2) is 48.5 Å². The van der Waals surface area contributed by atoms with Gasteiger partial charge in [0, 0.05) is 0 Å². The summed E-state index contributed by atoms with van der Waals surface area (Å²) in [6, 6.07) is 13.3. The van der Waals surface area contributed by atoms with Crippen LogP contribution < -0.4 is 20.1 Å². The van der Waals surface area contributed by atoms with Crippen LogP contribution in [-0.4, -0.2) is 43.6 Å². The number of hydrogen-bond donors (Lipinski definition) is 1. The lowest BCUT2D eigenvalue weighted by atomic mass is 10.2. The van der Waals surface area contributed by atoms with Crippen LogP contribution in [0.5, 0.6) is 11.5 Å². The van der Waals surface area contributed by atoms with Gasteiger partial charge in [0.15, 0.2) is 12.7 Å². The van der Waals surface area contributed by atoms with E-state index in [2.05, 4.69) is 0 Å². The molecule has 3 rings (SSSR count). The lowest BCUT2D eigenvalue weighted by Crippen LogP contribution is -2.50. The van der Waals surface area contributed by atoms with Crippen molar-refractivity contribution in [1.82, 2.24) is 0 Å². The van der Waals surface area contributed by atoms with E-state index >= 15 is 0 Å². The van der Waals surface area contributed by atoms with Gasteiger partial charge in [-0.1, -0.05) is 26.0 Å². The molecule has 0 spiro atoms. The third kappa shape index (κ3) is 5.08. The number of carbonyl (C=O) groups excluding carboxylic acids is 3. The molecule has 2 aromatic rings. The van der Waals surface area contributed by atoms with Gasteiger partial charge in [-0.25, -0.2) is 4.79 Å². The first-order valence-electron chi connectivity index (χ1n) is 9.60. The van der Waals surface area contributed by atoms with Crippen LogP contribution in [0.3, 0.4) is 0 Å². The van der Waals surface area contributed by atoms with E-state index in [4.69, 9.17) is 19.9 Å². The molecule has 8 nitrogen and oxygen atoms in total. The Hall–Kier alpha value is -3.55. The third-order valence-corrected chi connectivity index (χ3v) is 4.39. The van der Waals surface area contributed by atoms with E-state index in [0.717, 1.165) is 0 Å². The molecular formula is C22H24N2O6. The Bertz CT molecular complexity index is 925. The van der Waals surface area contributed by atoms with Crippen molar-refractivity contribution >= 4 is 23.5 Å². The number of ether oxygens (including phenoxy) is 3. The number of fused-ring (bicyclic) bond motifs is 1. The Balaban J connectivity index is 1.62. The van der Waals surface area contributed by atoms with E-state index in [9.17, 15) is 14.4 Å². The minimum Gasteiger partial charge on any atom is -0.493 e. The molecule has 30 heavy (non-hydrogen) atoms. The van der Waals surface area contributed by atoms with Crippen molar-refractivity contribution in [2.75, 3.05) is 24.7 Å². The average molecular weight is 412 g/mol. The highest BCUT2D eigenvalue weighted by Gasteiger charge is 2.33. The Morgan fingerprint density at radius 2 is 1.83 bits per heavy atom. The zero-order valence-electron chi connectivity index (χ0n) is 16.9. The summed E-state index contributed by atoms with van der Waals surface area (Å²) in [4.78, 5) is 37.9. The van der Waals surface area contributed by atoms with Gasteiger partial charge in [0.05, 0.1) is 24.4 Å². The van der Waals surface area contributed by atoms with Gasteiger partial charge in [-0.3, -0.25) is 9.59 Å². The average Bonchev–Trinajstić information content (AvgIpc) is 2.75. The number of amides is 2. The first-order chi connectivity index (χ1) is 14.3. The number of benzene rings is 2. The van der Waals surface area contributed by atoms with Gasteiger partial charge in [-0.05, 0) is 42.3 Å². The Labute approximate surface area is 174 Å². The number of nitrogens with zero attached hydrogens (tertiary/aromatic N) is 1. The standard InChI is InChI=1S/C22H24N2O6/c1-14(2)12-28-16-9-7-15(8-10-16)22(27)29-13-20(25)24-11-19(21(23)26)30-18-6-4-3-5-17(18)24/h3-10,14,19H,11-13H2,1-2H3,(H2,23,26). The lowest BCUT2D eigenvalue weighted by molar-refractivity contribution is -0.126. The van der Waals surface area contributed by atoms with E-state index in [0.29, 0.717) is 35.3 Å². The quantitative estimate of drug-likeness (QED) is 0.698. The fraction of sp³-hybridized carbons (Fsp3) is 0.318. The van der Waals surface area contributed by atoms with Crippen LogP contribution in [0.4, 0.5) is 5.69 Å². The third-order valence-electron chi connectivity index (χ3n) is 4.39. The fourth-order valence-corrected chi connectivity index (χ4v) is 2.86. The molecule has 158 valence electrons. The summed E-state index contributed by atoms with van der Waals surface area (Å²) in [6.07, 6.45) is -0.974. The molecule has 8 heteroatoms. The Morgan fingerprint density at radius 1 is 1.13 bits per heavy atom. The summed E-state index contributed by atoms with van der Waals surface area (Å²) in [5.74, 6) is -0.392. The lowest BCUT2D eigenvalue weighted by Gasteiger charge is -2.33. The highest BCUT2D eigenvalue weighted by atomic mass is 16.5. The molecule has 1 aliphatic rings. The zero-order chi connectivity index (χ0) is 21.7. The molecule has 2 amide bonds. The molecule has 1 heterocycles. The molecule has 0 bridgehead atoms. The predicted octanol–water partition coefficient (Wildman–Crippen LogP) is 2.16. The van der Waals surface area contributed by atoms with Gasteiger partial charge in [-0.15, -0.1) is 0 Å². The summed E-state index contributed by atoms with van der Waals surface area (Å²) < 4.78 is 16.3. The van der Waals surface area contributed by atoms with Gasteiger partial charge in [0.1, 0.15) is 11.5 Å². The van der Waals surface area contributed by atoms with Crippen LogP contribution in [0.2, 0.25) is 0 Å². The summed E-state index contributed by atoms with van der Waals surface area (Å²) >= 11 is 0. The minimum absolute atomic E-state index is 0.0510. The van der Waals surface area contributed by atoms with Crippen molar-refractivity contribution in [2.24, 2.45) is 11.7 Å². The van der Waals surface area contributed by atoms with Crippen LogP contribution in [0.1, 0.15) is 24.2 Å². The summed E-state index contributed by atoms with van der Waals surface area (Å²) in [5.41, 5.74) is 6.13. The molecule has 0 saturated carbocycles. The second kappa shape index (κ2) is 9.30. The second-order valence-electron chi connectivity index (χ2n) is 7.29. The number of esters is 1. The highest BCUT2D eigenvalue weighted by molar-refractivity contribution is 5.99.